The number of hydrogen-bond acceptors (Lipinski definition) is 2. The molecule has 0 radical (unpaired) electrons. The van der Waals surface area contributed by atoms with Crippen LogP contribution in [0.25, 0.3) is 0 Å². The summed E-state index contributed by atoms with van der Waals surface area (Å²) in [5.74, 6) is 0. The van der Waals surface area contributed by atoms with E-state index in [4.69, 9.17) is 0 Å². The van der Waals surface area contributed by atoms with Gasteiger partial charge in [0.1, 0.15) is 0 Å². The van der Waals surface area contributed by atoms with Crippen molar-refractivity contribution in [1.29, 1.82) is 0 Å². The lowest BCUT2D eigenvalue weighted by molar-refractivity contribution is 0.582. The van der Waals surface area contributed by atoms with Crippen molar-refractivity contribution in [2.75, 3.05) is 13.1 Å². The standard InChI is InChI=1S/C11H19N3/c1-2-3-6-12-7-4-5-9-14-10-8-13-11-14/h2-3,8,10-12H,4-7,9H2,1H3/b3-2+. The number of rotatable bonds is 7. The van der Waals surface area contributed by atoms with Gasteiger partial charge in [-0.1, -0.05) is 12.2 Å². The normalized spacial score (nSPS) is 11.2. The molecule has 1 rings (SSSR count). The Morgan fingerprint density at radius 3 is 3.07 bits per heavy atom. The van der Waals surface area contributed by atoms with Crippen LogP contribution in [0.15, 0.2) is 30.9 Å². The van der Waals surface area contributed by atoms with Crippen molar-refractivity contribution in [2.45, 2.75) is 26.3 Å². The smallest absolute Gasteiger partial charge is 0.0945 e. The van der Waals surface area contributed by atoms with Crippen molar-refractivity contribution in [1.82, 2.24) is 14.9 Å². The van der Waals surface area contributed by atoms with Crippen LogP contribution in [0, 0.1) is 0 Å². The Kier molecular flexibility index (Phi) is 5.75. The van der Waals surface area contributed by atoms with E-state index in [-0.39, 0.29) is 0 Å². The number of hydrogen-bond donors (Lipinski definition) is 1. The van der Waals surface area contributed by atoms with Crippen LogP contribution in [0.2, 0.25) is 0 Å². The quantitative estimate of drug-likeness (QED) is 0.529. The van der Waals surface area contributed by atoms with Crippen molar-refractivity contribution >= 4 is 0 Å². The van der Waals surface area contributed by atoms with Gasteiger partial charge in [0, 0.05) is 25.5 Å². The van der Waals surface area contributed by atoms with Crippen molar-refractivity contribution in [3.05, 3.63) is 30.9 Å². The first kappa shape index (κ1) is 11.0. The summed E-state index contributed by atoms with van der Waals surface area (Å²) in [6.45, 7) is 5.20. The highest BCUT2D eigenvalue weighted by Crippen LogP contribution is 1.93. The van der Waals surface area contributed by atoms with Gasteiger partial charge in [-0.25, -0.2) is 4.98 Å². The van der Waals surface area contributed by atoms with Crippen molar-refractivity contribution in [3.63, 3.8) is 0 Å². The molecule has 14 heavy (non-hydrogen) atoms. The highest BCUT2D eigenvalue weighted by molar-refractivity contribution is 4.79. The summed E-state index contributed by atoms with van der Waals surface area (Å²) in [6, 6.07) is 0. The third-order valence-corrected chi connectivity index (χ3v) is 2.08. The molecule has 1 aromatic rings. The number of nitrogens with one attached hydrogen (secondary N) is 1. The van der Waals surface area contributed by atoms with E-state index >= 15 is 0 Å². The largest absolute Gasteiger partial charge is 0.337 e. The molecule has 0 unspecified atom stereocenters. The van der Waals surface area contributed by atoms with Gasteiger partial charge in [0.15, 0.2) is 0 Å². The molecule has 0 amide bonds. The van der Waals surface area contributed by atoms with Crippen LogP contribution >= 0.6 is 0 Å². The van der Waals surface area contributed by atoms with Gasteiger partial charge >= 0.3 is 0 Å². The molecule has 0 aliphatic carbocycles. The predicted molar refractivity (Wildman–Crippen MR) is 59.1 cm³/mol. The SMILES string of the molecule is C/C=C/CNCCCCn1ccnc1. The van der Waals surface area contributed by atoms with Crippen molar-refractivity contribution in [2.24, 2.45) is 0 Å². The summed E-state index contributed by atoms with van der Waals surface area (Å²) in [5, 5.41) is 3.35. The van der Waals surface area contributed by atoms with Crippen LogP contribution in [0.1, 0.15) is 19.8 Å². The van der Waals surface area contributed by atoms with Crippen LogP contribution in [0.3, 0.4) is 0 Å². The number of nitrogens with zero attached hydrogens (tertiary/aromatic N) is 2. The Morgan fingerprint density at radius 1 is 1.43 bits per heavy atom. The fraction of sp³-hybridized carbons (Fsp3) is 0.545. The van der Waals surface area contributed by atoms with Gasteiger partial charge in [-0.3, -0.25) is 0 Å². The van der Waals surface area contributed by atoms with Gasteiger partial charge in [0.2, 0.25) is 0 Å². The van der Waals surface area contributed by atoms with Crippen LogP contribution in [-0.2, 0) is 6.54 Å². The van der Waals surface area contributed by atoms with Gasteiger partial charge in [-0.2, -0.15) is 0 Å². The lowest BCUT2D eigenvalue weighted by atomic mass is 10.3. The molecule has 3 heteroatoms. The van der Waals surface area contributed by atoms with E-state index in [1.807, 2.05) is 25.6 Å². The number of allylic oxidation sites excluding steroid dienone is 1. The first-order chi connectivity index (χ1) is 6.93. The van der Waals surface area contributed by atoms with Crippen LogP contribution in [0.4, 0.5) is 0 Å². The first-order valence-electron chi connectivity index (χ1n) is 5.21. The predicted octanol–water partition coefficient (Wildman–Crippen LogP) is 1.83. The van der Waals surface area contributed by atoms with E-state index in [1.165, 1.54) is 12.8 Å². The lowest BCUT2D eigenvalue weighted by Gasteiger charge is -2.02. The minimum Gasteiger partial charge on any atom is -0.337 e. The van der Waals surface area contributed by atoms with E-state index in [0.29, 0.717) is 0 Å². The molecule has 0 aromatic carbocycles. The summed E-state index contributed by atoms with van der Waals surface area (Å²) >= 11 is 0. The Labute approximate surface area is 85.8 Å². The highest BCUT2D eigenvalue weighted by Gasteiger charge is 1.90. The summed E-state index contributed by atoms with van der Waals surface area (Å²) in [5.41, 5.74) is 0. The molecule has 0 atom stereocenters. The zero-order valence-corrected chi connectivity index (χ0v) is 8.82. The Morgan fingerprint density at radius 2 is 2.36 bits per heavy atom. The molecule has 1 aromatic heterocycles. The molecule has 3 nitrogen and oxygen atoms in total. The number of aryl methyl sites for hydroxylation is 1. The average Bonchev–Trinajstić information content (AvgIpc) is 2.69. The second-order valence-electron chi connectivity index (χ2n) is 3.28. The van der Waals surface area contributed by atoms with Crippen LogP contribution < -0.4 is 5.32 Å². The highest BCUT2D eigenvalue weighted by atomic mass is 15.0. The molecule has 0 aliphatic rings. The third kappa shape index (κ3) is 4.82. The molecular weight excluding hydrogens is 174 g/mol. The Bertz CT molecular complexity index is 239. The van der Waals surface area contributed by atoms with E-state index in [0.717, 1.165) is 19.6 Å². The molecule has 0 aliphatic heterocycles. The van der Waals surface area contributed by atoms with Gasteiger partial charge < -0.3 is 9.88 Å². The molecule has 78 valence electrons. The zero-order valence-electron chi connectivity index (χ0n) is 8.82. The molecule has 0 saturated heterocycles. The topological polar surface area (TPSA) is 29.9 Å². The molecular formula is C11H19N3. The molecule has 1 N–H and O–H groups in total. The van der Waals surface area contributed by atoms with E-state index < -0.39 is 0 Å². The van der Waals surface area contributed by atoms with Gasteiger partial charge in [0.25, 0.3) is 0 Å². The van der Waals surface area contributed by atoms with Gasteiger partial charge in [0.05, 0.1) is 6.33 Å². The number of aromatic nitrogens is 2. The number of unbranched alkanes of at least 4 members (excludes halogenated alkanes) is 1. The van der Waals surface area contributed by atoms with Crippen molar-refractivity contribution < 1.29 is 0 Å². The van der Waals surface area contributed by atoms with Gasteiger partial charge in [-0.05, 0) is 26.3 Å². The van der Waals surface area contributed by atoms with Crippen LogP contribution in [0.5, 0.6) is 0 Å². The average molecular weight is 193 g/mol. The molecule has 1 heterocycles. The molecule has 0 spiro atoms. The van der Waals surface area contributed by atoms with Crippen molar-refractivity contribution in [3.8, 4) is 0 Å². The Hall–Kier alpha value is -1.09. The summed E-state index contributed by atoms with van der Waals surface area (Å²) in [6.07, 6.45) is 12.3. The maximum Gasteiger partial charge on any atom is 0.0945 e. The van der Waals surface area contributed by atoms with E-state index in [9.17, 15) is 0 Å². The monoisotopic (exact) mass is 193 g/mol. The maximum atomic E-state index is 4.00. The fourth-order valence-corrected chi connectivity index (χ4v) is 1.27. The minimum atomic E-state index is 0.988. The molecule has 0 bridgehead atoms. The summed E-state index contributed by atoms with van der Waals surface area (Å²) in [7, 11) is 0. The molecule has 0 fully saturated rings. The van der Waals surface area contributed by atoms with Crippen LogP contribution in [-0.4, -0.2) is 22.6 Å². The summed E-state index contributed by atoms with van der Waals surface area (Å²) < 4.78 is 2.12. The Balaban J connectivity index is 1.90. The lowest BCUT2D eigenvalue weighted by Crippen LogP contribution is -2.15. The second kappa shape index (κ2) is 7.33. The maximum absolute atomic E-state index is 4.00. The fourth-order valence-electron chi connectivity index (χ4n) is 1.27. The second-order valence-corrected chi connectivity index (χ2v) is 3.28. The minimum absolute atomic E-state index is 0.988. The summed E-state index contributed by atoms with van der Waals surface area (Å²) in [4.78, 5) is 4.00. The zero-order chi connectivity index (χ0) is 10.1. The third-order valence-electron chi connectivity index (χ3n) is 2.08. The number of imidazole rings is 1. The molecule has 0 saturated carbocycles. The first-order valence-corrected chi connectivity index (χ1v) is 5.21. The van der Waals surface area contributed by atoms with E-state index in [1.54, 1.807) is 0 Å². The van der Waals surface area contributed by atoms with Gasteiger partial charge in [-0.15, -0.1) is 0 Å². The van der Waals surface area contributed by atoms with E-state index in [2.05, 4.69) is 27.0 Å².